The molecule has 74 valence electrons. The van der Waals surface area contributed by atoms with Gasteiger partial charge in [0.25, 0.3) is 0 Å². The largest absolute Gasteiger partial charge is 0.298 e. The second-order valence-corrected chi connectivity index (χ2v) is 9.47. The van der Waals surface area contributed by atoms with E-state index in [2.05, 4.69) is 25.3 Å². The molecule has 1 nitrogen and oxygen atoms in total. The minimum Gasteiger partial charge on any atom is -0.298 e. The highest BCUT2D eigenvalue weighted by Crippen LogP contribution is 2.15. The van der Waals surface area contributed by atoms with Crippen LogP contribution in [0.25, 0.3) is 5.57 Å². The van der Waals surface area contributed by atoms with Crippen molar-refractivity contribution in [3.8, 4) is 0 Å². The van der Waals surface area contributed by atoms with E-state index in [0.717, 1.165) is 17.4 Å². The Bertz CT molecular complexity index is 333. The van der Waals surface area contributed by atoms with E-state index in [0.29, 0.717) is 0 Å². The predicted molar refractivity (Wildman–Crippen MR) is 63.8 cm³/mol. The maximum absolute atomic E-state index is 10.9. The Morgan fingerprint density at radius 1 is 1.14 bits per heavy atom. The third-order valence-corrected chi connectivity index (χ3v) is 3.00. The highest BCUT2D eigenvalue weighted by atomic mass is 28.3. The Hall–Kier alpha value is -1.15. The van der Waals surface area contributed by atoms with E-state index in [1.807, 2.05) is 30.3 Å². The summed E-state index contributed by atoms with van der Waals surface area (Å²) in [7, 11) is -1.32. The van der Waals surface area contributed by atoms with Crippen LogP contribution in [0.15, 0.2) is 36.0 Å². The lowest BCUT2D eigenvalue weighted by Crippen LogP contribution is -2.16. The third kappa shape index (κ3) is 3.30. The molecule has 1 aromatic carbocycles. The van der Waals surface area contributed by atoms with Gasteiger partial charge in [0.05, 0.1) is 8.07 Å². The second kappa shape index (κ2) is 4.38. The molecule has 1 aromatic rings. The van der Waals surface area contributed by atoms with Crippen LogP contribution in [-0.4, -0.2) is 14.4 Å². The van der Waals surface area contributed by atoms with Gasteiger partial charge in [0.2, 0.25) is 0 Å². The summed E-state index contributed by atoms with van der Waals surface area (Å²) in [5.74, 6) is 0. The molecule has 0 unspecified atom stereocenters. The van der Waals surface area contributed by atoms with Gasteiger partial charge in [-0.05, 0) is 5.56 Å². The molecule has 0 radical (unpaired) electrons. The molecule has 0 amide bonds. The van der Waals surface area contributed by atoms with Crippen LogP contribution in [0.4, 0.5) is 0 Å². The summed E-state index contributed by atoms with van der Waals surface area (Å²) in [5, 5.41) is 0. The molecule has 14 heavy (non-hydrogen) atoms. The SMILES string of the molecule is C[Si](C)(C)/C=C(/C=O)c1ccccc1. The maximum Gasteiger partial charge on any atom is 0.149 e. The van der Waals surface area contributed by atoms with E-state index < -0.39 is 8.07 Å². The first-order chi connectivity index (χ1) is 6.53. The van der Waals surface area contributed by atoms with E-state index in [1.54, 1.807) is 0 Å². The lowest BCUT2D eigenvalue weighted by Gasteiger charge is -2.11. The van der Waals surface area contributed by atoms with Crippen LogP contribution >= 0.6 is 0 Å². The van der Waals surface area contributed by atoms with Crippen LogP contribution in [0.5, 0.6) is 0 Å². The minimum atomic E-state index is -1.32. The molecule has 0 bridgehead atoms. The van der Waals surface area contributed by atoms with E-state index in [9.17, 15) is 4.79 Å². The molecule has 0 aromatic heterocycles. The topological polar surface area (TPSA) is 17.1 Å². The van der Waals surface area contributed by atoms with Gasteiger partial charge in [-0.1, -0.05) is 55.7 Å². The van der Waals surface area contributed by atoms with Crippen molar-refractivity contribution in [3.05, 3.63) is 41.6 Å². The summed E-state index contributed by atoms with van der Waals surface area (Å²) in [5.41, 5.74) is 3.98. The Morgan fingerprint density at radius 3 is 2.14 bits per heavy atom. The van der Waals surface area contributed by atoms with Gasteiger partial charge in [0, 0.05) is 5.57 Å². The number of aldehydes is 1. The molecule has 2 heteroatoms. The normalized spacial score (nSPS) is 12.6. The standard InChI is InChI=1S/C12H16OSi/c1-14(2,3)10-12(9-13)11-7-5-4-6-8-11/h4-10H,1-3H3/b12-10-. The molecule has 0 fully saturated rings. The summed E-state index contributed by atoms with van der Waals surface area (Å²) in [6, 6.07) is 9.81. The number of hydrogen-bond acceptors (Lipinski definition) is 1. The molecule has 1 rings (SSSR count). The Morgan fingerprint density at radius 2 is 1.71 bits per heavy atom. The number of carbonyl (C=O) groups excluding carboxylic acids is 1. The van der Waals surface area contributed by atoms with E-state index >= 15 is 0 Å². The van der Waals surface area contributed by atoms with Crippen molar-refractivity contribution in [2.45, 2.75) is 19.6 Å². The van der Waals surface area contributed by atoms with Gasteiger partial charge in [-0.2, -0.15) is 0 Å². The van der Waals surface area contributed by atoms with Gasteiger partial charge >= 0.3 is 0 Å². The van der Waals surface area contributed by atoms with Crippen molar-refractivity contribution < 1.29 is 4.79 Å². The maximum atomic E-state index is 10.9. The molecule has 0 aliphatic carbocycles. The van der Waals surface area contributed by atoms with Crippen molar-refractivity contribution in [2.75, 3.05) is 0 Å². The van der Waals surface area contributed by atoms with Crippen LogP contribution in [0, 0.1) is 0 Å². The van der Waals surface area contributed by atoms with Gasteiger partial charge in [-0.15, -0.1) is 0 Å². The summed E-state index contributed by atoms with van der Waals surface area (Å²) in [6.07, 6.45) is 0.952. The fraction of sp³-hybridized carbons (Fsp3) is 0.250. The Kier molecular flexibility index (Phi) is 3.41. The van der Waals surface area contributed by atoms with Gasteiger partial charge in [-0.25, -0.2) is 0 Å². The summed E-state index contributed by atoms with van der Waals surface area (Å²) < 4.78 is 0. The summed E-state index contributed by atoms with van der Waals surface area (Å²) in [4.78, 5) is 10.9. The number of hydrogen-bond donors (Lipinski definition) is 0. The molecule has 0 N–H and O–H groups in total. The molecule has 0 spiro atoms. The molecule has 0 saturated heterocycles. The molecule has 0 saturated carbocycles. The number of allylic oxidation sites excluding steroid dienone is 1. The van der Waals surface area contributed by atoms with Crippen molar-refractivity contribution in [1.82, 2.24) is 0 Å². The van der Waals surface area contributed by atoms with Crippen LogP contribution in [0.1, 0.15) is 5.56 Å². The van der Waals surface area contributed by atoms with Crippen LogP contribution in [0.3, 0.4) is 0 Å². The zero-order valence-corrected chi connectivity index (χ0v) is 9.95. The van der Waals surface area contributed by atoms with E-state index in [1.165, 1.54) is 0 Å². The van der Waals surface area contributed by atoms with E-state index in [4.69, 9.17) is 0 Å². The molecule has 0 atom stereocenters. The first-order valence-electron chi connectivity index (χ1n) is 4.76. The summed E-state index contributed by atoms with van der Waals surface area (Å²) >= 11 is 0. The smallest absolute Gasteiger partial charge is 0.149 e. The summed E-state index contributed by atoms with van der Waals surface area (Å²) in [6.45, 7) is 6.66. The van der Waals surface area contributed by atoms with Crippen molar-refractivity contribution in [1.29, 1.82) is 0 Å². The van der Waals surface area contributed by atoms with Crippen molar-refractivity contribution in [3.63, 3.8) is 0 Å². The number of benzene rings is 1. The lowest BCUT2D eigenvalue weighted by atomic mass is 10.1. The Balaban J connectivity index is 3.06. The fourth-order valence-electron chi connectivity index (χ4n) is 1.28. The monoisotopic (exact) mass is 204 g/mol. The fourth-order valence-corrected chi connectivity index (χ4v) is 2.45. The van der Waals surface area contributed by atoms with Crippen LogP contribution in [0.2, 0.25) is 19.6 Å². The zero-order valence-electron chi connectivity index (χ0n) is 8.95. The molecule has 0 heterocycles. The van der Waals surface area contributed by atoms with Crippen LogP contribution in [-0.2, 0) is 4.79 Å². The lowest BCUT2D eigenvalue weighted by molar-refractivity contribution is -0.103. The van der Waals surface area contributed by atoms with Crippen molar-refractivity contribution >= 4 is 19.9 Å². The number of carbonyl (C=O) groups is 1. The average Bonchev–Trinajstić information content (AvgIpc) is 2.14. The van der Waals surface area contributed by atoms with Gasteiger partial charge in [-0.3, -0.25) is 4.79 Å². The first kappa shape index (κ1) is 10.9. The molecular formula is C12H16OSi. The second-order valence-electron chi connectivity index (χ2n) is 4.45. The molecular weight excluding hydrogens is 188 g/mol. The average molecular weight is 204 g/mol. The molecule has 0 aliphatic heterocycles. The van der Waals surface area contributed by atoms with Gasteiger partial charge in [0.1, 0.15) is 6.29 Å². The van der Waals surface area contributed by atoms with E-state index in [-0.39, 0.29) is 0 Å². The zero-order chi connectivity index (χ0) is 10.6. The highest BCUT2D eigenvalue weighted by Gasteiger charge is 2.11. The van der Waals surface area contributed by atoms with Gasteiger partial charge in [0.15, 0.2) is 0 Å². The highest BCUT2D eigenvalue weighted by molar-refractivity contribution is 6.82. The quantitative estimate of drug-likeness (QED) is 0.420. The third-order valence-electron chi connectivity index (χ3n) is 1.82. The molecule has 0 aliphatic rings. The first-order valence-corrected chi connectivity index (χ1v) is 8.34. The predicted octanol–water partition coefficient (Wildman–Crippen LogP) is 3.15. The van der Waals surface area contributed by atoms with Crippen LogP contribution < -0.4 is 0 Å². The van der Waals surface area contributed by atoms with Crippen molar-refractivity contribution in [2.24, 2.45) is 0 Å². The van der Waals surface area contributed by atoms with Gasteiger partial charge < -0.3 is 0 Å². The Labute approximate surface area is 86.5 Å². The minimum absolute atomic E-state index is 0.824. The number of rotatable bonds is 3.